The first-order chi connectivity index (χ1) is 19.7. The Balaban J connectivity index is 1.48. The maximum atomic E-state index is 13.9. The summed E-state index contributed by atoms with van der Waals surface area (Å²) in [4.78, 5) is 28.5. The minimum absolute atomic E-state index is 0.171. The van der Waals surface area contributed by atoms with E-state index >= 15 is 0 Å². The molecule has 0 aromatic heterocycles. The summed E-state index contributed by atoms with van der Waals surface area (Å²) in [7, 11) is 1.64. The molecule has 0 radical (unpaired) electrons. The van der Waals surface area contributed by atoms with Crippen LogP contribution in [-0.2, 0) is 16.1 Å². The van der Waals surface area contributed by atoms with Crippen molar-refractivity contribution in [2.24, 2.45) is 0 Å². The fraction of sp³-hybridized carbons (Fsp3) is 0.257. The van der Waals surface area contributed by atoms with Crippen molar-refractivity contribution in [1.82, 2.24) is 10.2 Å². The second-order valence-electron chi connectivity index (χ2n) is 11.2. The number of ether oxygens (including phenoxy) is 2. The molecule has 210 valence electrons. The third-order valence-electron chi connectivity index (χ3n) is 7.19. The van der Waals surface area contributed by atoms with E-state index in [1.54, 1.807) is 12.0 Å². The van der Waals surface area contributed by atoms with Gasteiger partial charge in [-0.05, 0) is 84.0 Å². The number of carbonyl (C=O) groups is 2. The molecule has 1 N–H and O–H groups in total. The Hall–Kier alpha value is -4.58. The molecule has 2 amide bonds. The lowest BCUT2D eigenvalue weighted by Gasteiger charge is -2.32. The molecule has 4 aromatic carbocycles. The molecule has 1 heterocycles. The monoisotopic (exact) mass is 548 g/mol. The Morgan fingerprint density at radius 3 is 2.32 bits per heavy atom. The van der Waals surface area contributed by atoms with Gasteiger partial charge in [0.25, 0.3) is 0 Å². The molecule has 0 bridgehead atoms. The molecule has 0 unspecified atom stereocenters. The van der Waals surface area contributed by atoms with Crippen molar-refractivity contribution in [3.05, 3.63) is 108 Å². The summed E-state index contributed by atoms with van der Waals surface area (Å²) in [6.45, 7) is 6.50. The van der Waals surface area contributed by atoms with Crippen LogP contribution in [0, 0.1) is 0 Å². The lowest BCUT2D eigenvalue weighted by Crippen LogP contribution is -2.43. The number of fused-ring (bicyclic) bond motifs is 1. The van der Waals surface area contributed by atoms with E-state index in [2.05, 4.69) is 29.6 Å². The first-order valence-corrected chi connectivity index (χ1v) is 13.9. The molecule has 0 saturated heterocycles. The van der Waals surface area contributed by atoms with Crippen LogP contribution in [0.5, 0.6) is 5.75 Å². The molecule has 0 fully saturated rings. The lowest BCUT2D eigenvalue weighted by molar-refractivity contribution is -0.117. The summed E-state index contributed by atoms with van der Waals surface area (Å²) in [6, 6.07) is 30.4. The number of hydrogen-bond donors (Lipinski definition) is 1. The molecule has 4 aromatic rings. The predicted molar refractivity (Wildman–Crippen MR) is 164 cm³/mol. The van der Waals surface area contributed by atoms with Gasteiger partial charge in [-0.1, -0.05) is 72.8 Å². The van der Waals surface area contributed by atoms with Gasteiger partial charge in [0.1, 0.15) is 11.4 Å². The normalized spacial score (nSPS) is 13.7. The molecule has 0 saturated carbocycles. The number of rotatable bonds is 6. The van der Waals surface area contributed by atoms with Gasteiger partial charge in [-0.2, -0.15) is 0 Å². The highest BCUT2D eigenvalue weighted by Gasteiger charge is 2.30. The molecule has 0 aliphatic carbocycles. The van der Waals surface area contributed by atoms with Gasteiger partial charge in [-0.15, -0.1) is 0 Å². The van der Waals surface area contributed by atoms with Crippen LogP contribution in [0.2, 0.25) is 0 Å². The van der Waals surface area contributed by atoms with Crippen LogP contribution >= 0.6 is 0 Å². The molecule has 1 aliphatic rings. The lowest BCUT2D eigenvalue weighted by atomic mass is 9.91. The van der Waals surface area contributed by atoms with E-state index < -0.39 is 11.7 Å². The molecule has 6 heteroatoms. The highest BCUT2D eigenvalue weighted by molar-refractivity contribution is 6.03. The van der Waals surface area contributed by atoms with Gasteiger partial charge in [-0.25, -0.2) is 4.79 Å². The molecule has 6 nitrogen and oxygen atoms in total. The molecule has 0 spiro atoms. The van der Waals surface area contributed by atoms with Gasteiger partial charge in [0.05, 0.1) is 13.7 Å². The molecule has 5 rings (SSSR count). The van der Waals surface area contributed by atoms with Crippen molar-refractivity contribution in [1.29, 1.82) is 0 Å². The van der Waals surface area contributed by atoms with Gasteiger partial charge in [0.2, 0.25) is 5.91 Å². The molecular weight excluding hydrogens is 512 g/mol. The number of benzene rings is 4. The van der Waals surface area contributed by atoms with Crippen molar-refractivity contribution in [2.45, 2.75) is 39.3 Å². The van der Waals surface area contributed by atoms with Crippen molar-refractivity contribution in [2.75, 3.05) is 20.2 Å². The number of nitrogens with zero attached hydrogens (tertiary/aromatic N) is 1. The van der Waals surface area contributed by atoms with E-state index in [1.807, 2.05) is 87.5 Å². The van der Waals surface area contributed by atoms with Crippen molar-refractivity contribution < 1.29 is 19.1 Å². The fourth-order valence-corrected chi connectivity index (χ4v) is 5.20. The summed E-state index contributed by atoms with van der Waals surface area (Å²) in [5.41, 5.74) is 5.01. The Morgan fingerprint density at radius 1 is 0.854 bits per heavy atom. The molecule has 1 aliphatic heterocycles. The molecular formula is C35H36N2O4. The number of amides is 2. The van der Waals surface area contributed by atoms with E-state index in [9.17, 15) is 9.59 Å². The number of methoxy groups -OCH3 is 1. The Bertz CT molecular complexity index is 1600. The third kappa shape index (κ3) is 6.60. The van der Waals surface area contributed by atoms with Crippen LogP contribution in [0.4, 0.5) is 4.79 Å². The zero-order valence-corrected chi connectivity index (χ0v) is 24.1. The van der Waals surface area contributed by atoms with Gasteiger partial charge < -0.3 is 19.7 Å². The number of carbonyl (C=O) groups excluding carboxylic acids is 2. The number of nitrogens with one attached hydrogen (secondary N) is 1. The maximum Gasteiger partial charge on any atom is 0.410 e. The van der Waals surface area contributed by atoms with E-state index in [4.69, 9.17) is 9.47 Å². The van der Waals surface area contributed by atoms with E-state index in [-0.39, 0.29) is 12.5 Å². The van der Waals surface area contributed by atoms with Crippen molar-refractivity contribution in [3.63, 3.8) is 0 Å². The van der Waals surface area contributed by atoms with E-state index in [0.29, 0.717) is 25.1 Å². The second kappa shape index (κ2) is 11.9. The molecule has 41 heavy (non-hydrogen) atoms. The standard InChI is InChI=1S/C35H36N2O4/c1-35(2,3)41-34(39)37-18-17-31(26-15-10-14-25(19-26)24-11-6-5-7-12-24)32(23-37)33(38)36-22-28-21-29(40-4)20-27-13-8-9-16-30(27)28/h5-16,19-21H,17-18,22-23H2,1-4H3,(H,36,38). The first kappa shape index (κ1) is 28.0. The van der Waals surface area contributed by atoms with Gasteiger partial charge in [0, 0.05) is 18.7 Å². The summed E-state index contributed by atoms with van der Waals surface area (Å²) in [5.74, 6) is 0.532. The average Bonchev–Trinajstić information content (AvgIpc) is 2.99. The minimum atomic E-state index is -0.624. The summed E-state index contributed by atoms with van der Waals surface area (Å²) >= 11 is 0. The number of hydrogen-bond acceptors (Lipinski definition) is 4. The third-order valence-corrected chi connectivity index (χ3v) is 7.19. The summed E-state index contributed by atoms with van der Waals surface area (Å²) in [5, 5.41) is 5.23. The summed E-state index contributed by atoms with van der Waals surface area (Å²) in [6.07, 6.45) is 0.126. The van der Waals surface area contributed by atoms with E-state index in [0.717, 1.165) is 44.3 Å². The summed E-state index contributed by atoms with van der Waals surface area (Å²) < 4.78 is 11.2. The predicted octanol–water partition coefficient (Wildman–Crippen LogP) is 7.23. The highest BCUT2D eigenvalue weighted by atomic mass is 16.6. The molecule has 0 atom stereocenters. The first-order valence-electron chi connectivity index (χ1n) is 13.9. The Kier molecular flexibility index (Phi) is 8.11. The van der Waals surface area contributed by atoms with Gasteiger partial charge >= 0.3 is 6.09 Å². The zero-order chi connectivity index (χ0) is 29.0. The second-order valence-corrected chi connectivity index (χ2v) is 11.2. The smallest absolute Gasteiger partial charge is 0.410 e. The van der Waals surface area contributed by atoms with Crippen molar-refractivity contribution in [3.8, 4) is 16.9 Å². The van der Waals surface area contributed by atoms with Gasteiger partial charge in [-0.3, -0.25) is 4.79 Å². The Labute approximate surface area is 241 Å². The average molecular weight is 549 g/mol. The maximum absolute atomic E-state index is 13.9. The van der Waals surface area contributed by atoms with Crippen molar-refractivity contribution >= 4 is 28.3 Å². The van der Waals surface area contributed by atoms with Crippen LogP contribution < -0.4 is 10.1 Å². The highest BCUT2D eigenvalue weighted by Crippen LogP contribution is 2.32. The van der Waals surface area contributed by atoms with Crippen LogP contribution in [-0.4, -0.2) is 42.7 Å². The van der Waals surface area contributed by atoms with Crippen LogP contribution in [0.15, 0.2) is 96.6 Å². The van der Waals surface area contributed by atoms with E-state index in [1.165, 1.54) is 0 Å². The van der Waals surface area contributed by atoms with Crippen LogP contribution in [0.25, 0.3) is 27.5 Å². The van der Waals surface area contributed by atoms with Gasteiger partial charge in [0.15, 0.2) is 0 Å². The fourth-order valence-electron chi connectivity index (χ4n) is 5.20. The van der Waals surface area contributed by atoms with Crippen LogP contribution in [0.1, 0.15) is 38.3 Å². The zero-order valence-electron chi connectivity index (χ0n) is 24.1. The van der Waals surface area contributed by atoms with Crippen LogP contribution in [0.3, 0.4) is 0 Å². The SMILES string of the molecule is COc1cc(CNC(=O)C2=C(c3cccc(-c4ccccc4)c3)CCN(C(=O)OC(C)(C)C)C2)c2ccccc2c1. The Morgan fingerprint density at radius 2 is 1.56 bits per heavy atom. The quantitative estimate of drug-likeness (QED) is 0.276. The largest absolute Gasteiger partial charge is 0.497 e. The topological polar surface area (TPSA) is 67.9 Å². The minimum Gasteiger partial charge on any atom is -0.497 e.